The number of hydrogen-bond donors (Lipinski definition) is 2. The van der Waals surface area contributed by atoms with Crippen molar-refractivity contribution in [1.29, 1.82) is 0 Å². The Labute approximate surface area is 168 Å². The molecule has 1 aromatic heterocycles. The van der Waals surface area contributed by atoms with Gasteiger partial charge in [-0.15, -0.1) is 11.3 Å². The maximum absolute atomic E-state index is 12.3. The Morgan fingerprint density at radius 2 is 1.76 bits per heavy atom. The summed E-state index contributed by atoms with van der Waals surface area (Å²) in [4.78, 5) is 25.0. The smallest absolute Gasteiger partial charge is 0.262 e. The molecular formula is C18H20Br2N2O2S. The van der Waals surface area contributed by atoms with Gasteiger partial charge >= 0.3 is 0 Å². The van der Waals surface area contributed by atoms with Gasteiger partial charge in [-0.2, -0.15) is 0 Å². The second-order valence-corrected chi connectivity index (χ2v) is 9.79. The van der Waals surface area contributed by atoms with Crippen molar-refractivity contribution in [3.05, 3.63) is 55.1 Å². The number of amides is 2. The first kappa shape index (κ1) is 20.1. The maximum Gasteiger partial charge on any atom is 0.262 e. The van der Waals surface area contributed by atoms with Crippen LogP contribution in [0.4, 0.5) is 0 Å². The SMILES string of the molecule is CC(NC(=O)c1ccc(Br)s1)C(=O)NCC(C)(C)c1ccc(Br)cc1. The van der Waals surface area contributed by atoms with Gasteiger partial charge in [0.05, 0.1) is 8.66 Å². The maximum atomic E-state index is 12.3. The molecule has 7 heteroatoms. The fourth-order valence-electron chi connectivity index (χ4n) is 2.23. The van der Waals surface area contributed by atoms with Crippen molar-refractivity contribution in [3.63, 3.8) is 0 Å². The van der Waals surface area contributed by atoms with Gasteiger partial charge in [-0.3, -0.25) is 9.59 Å². The number of hydrogen-bond acceptors (Lipinski definition) is 3. The molecular weight excluding hydrogens is 468 g/mol. The van der Waals surface area contributed by atoms with Crippen molar-refractivity contribution in [3.8, 4) is 0 Å². The molecule has 2 N–H and O–H groups in total. The molecule has 2 aromatic rings. The van der Waals surface area contributed by atoms with E-state index in [0.29, 0.717) is 11.4 Å². The van der Waals surface area contributed by atoms with Gasteiger partial charge in [0.1, 0.15) is 6.04 Å². The molecule has 1 atom stereocenters. The summed E-state index contributed by atoms with van der Waals surface area (Å²) in [5.74, 6) is -0.445. The normalized spacial score (nSPS) is 12.5. The molecule has 1 unspecified atom stereocenters. The van der Waals surface area contributed by atoms with Crippen molar-refractivity contribution < 1.29 is 9.59 Å². The van der Waals surface area contributed by atoms with Crippen LogP contribution in [0, 0.1) is 0 Å². The van der Waals surface area contributed by atoms with E-state index in [0.717, 1.165) is 13.8 Å². The highest BCUT2D eigenvalue weighted by Crippen LogP contribution is 2.24. The summed E-state index contributed by atoms with van der Waals surface area (Å²) in [7, 11) is 0. The van der Waals surface area contributed by atoms with Crippen molar-refractivity contribution in [2.24, 2.45) is 0 Å². The van der Waals surface area contributed by atoms with Crippen molar-refractivity contribution in [1.82, 2.24) is 10.6 Å². The van der Waals surface area contributed by atoms with E-state index in [1.54, 1.807) is 13.0 Å². The Kier molecular flexibility index (Phi) is 6.82. The first-order valence-electron chi connectivity index (χ1n) is 7.79. The van der Waals surface area contributed by atoms with Gasteiger partial charge in [-0.05, 0) is 52.7 Å². The van der Waals surface area contributed by atoms with Crippen LogP contribution in [0.25, 0.3) is 0 Å². The molecule has 25 heavy (non-hydrogen) atoms. The summed E-state index contributed by atoms with van der Waals surface area (Å²) in [6.07, 6.45) is 0. The Morgan fingerprint density at radius 1 is 1.12 bits per heavy atom. The van der Waals surface area contributed by atoms with E-state index in [1.807, 2.05) is 30.3 Å². The second kappa shape index (κ2) is 8.47. The van der Waals surface area contributed by atoms with Gasteiger partial charge < -0.3 is 10.6 Å². The Balaban J connectivity index is 1.90. The third-order valence-electron chi connectivity index (χ3n) is 3.87. The summed E-state index contributed by atoms with van der Waals surface area (Å²) in [5, 5.41) is 5.65. The minimum absolute atomic E-state index is 0.200. The van der Waals surface area contributed by atoms with E-state index in [2.05, 4.69) is 56.3 Å². The molecule has 2 rings (SSSR count). The number of rotatable bonds is 6. The zero-order valence-electron chi connectivity index (χ0n) is 14.2. The van der Waals surface area contributed by atoms with Crippen molar-refractivity contribution in [2.45, 2.75) is 32.2 Å². The quantitative estimate of drug-likeness (QED) is 0.630. The van der Waals surface area contributed by atoms with Crippen molar-refractivity contribution in [2.75, 3.05) is 6.54 Å². The number of thiophene rings is 1. The molecule has 0 saturated heterocycles. The average molecular weight is 488 g/mol. The fraction of sp³-hybridized carbons (Fsp3) is 0.333. The number of carbonyl (C=O) groups is 2. The number of carbonyl (C=O) groups excluding carboxylic acids is 2. The van der Waals surface area contributed by atoms with Crippen LogP contribution in [-0.4, -0.2) is 24.4 Å². The predicted molar refractivity (Wildman–Crippen MR) is 109 cm³/mol. The molecule has 1 heterocycles. The molecule has 134 valence electrons. The molecule has 0 saturated carbocycles. The Bertz CT molecular complexity index is 757. The molecule has 4 nitrogen and oxygen atoms in total. The van der Waals surface area contributed by atoms with Crippen molar-refractivity contribution >= 4 is 55.0 Å². The van der Waals surface area contributed by atoms with Gasteiger partial charge in [-0.1, -0.05) is 41.9 Å². The minimum Gasteiger partial charge on any atom is -0.353 e. The summed E-state index contributed by atoms with van der Waals surface area (Å²) in [6, 6.07) is 11.0. The molecule has 0 bridgehead atoms. The zero-order chi connectivity index (χ0) is 18.6. The van der Waals surface area contributed by atoms with E-state index in [4.69, 9.17) is 0 Å². The standard InChI is InChI=1S/C18H20Br2N2O2S/c1-11(22-17(24)14-8-9-15(20)25-14)16(23)21-10-18(2,3)12-4-6-13(19)7-5-12/h4-9,11H,10H2,1-3H3,(H,21,23)(H,22,24). The Morgan fingerprint density at radius 3 is 2.32 bits per heavy atom. The van der Waals surface area contributed by atoms with E-state index >= 15 is 0 Å². The molecule has 0 aliphatic rings. The molecule has 0 spiro atoms. The van der Waals surface area contributed by atoms with Crippen LogP contribution in [0.5, 0.6) is 0 Å². The van der Waals surface area contributed by atoms with E-state index in [-0.39, 0.29) is 17.2 Å². The third kappa shape index (κ3) is 5.66. The van der Waals surface area contributed by atoms with Gasteiger partial charge in [0.15, 0.2) is 0 Å². The van der Waals surface area contributed by atoms with Crippen LogP contribution in [0.1, 0.15) is 36.0 Å². The first-order chi connectivity index (χ1) is 11.7. The minimum atomic E-state index is -0.603. The summed E-state index contributed by atoms with van der Waals surface area (Å²) in [5.41, 5.74) is 0.926. The number of halogens is 2. The molecule has 2 amide bonds. The highest BCUT2D eigenvalue weighted by atomic mass is 79.9. The van der Waals surface area contributed by atoms with E-state index in [1.165, 1.54) is 11.3 Å². The lowest BCUT2D eigenvalue weighted by Gasteiger charge is -2.26. The predicted octanol–water partition coefficient (Wildman–Crippen LogP) is 4.49. The van der Waals surface area contributed by atoms with Crippen LogP contribution >= 0.6 is 43.2 Å². The van der Waals surface area contributed by atoms with Gasteiger partial charge in [0.2, 0.25) is 5.91 Å². The summed E-state index contributed by atoms with van der Waals surface area (Å²) < 4.78 is 1.90. The largest absolute Gasteiger partial charge is 0.353 e. The van der Waals surface area contributed by atoms with Crippen LogP contribution in [0.15, 0.2) is 44.7 Å². The number of nitrogens with one attached hydrogen (secondary N) is 2. The highest BCUT2D eigenvalue weighted by Gasteiger charge is 2.24. The third-order valence-corrected chi connectivity index (χ3v) is 6.02. The van der Waals surface area contributed by atoms with Gasteiger partial charge in [-0.25, -0.2) is 0 Å². The van der Waals surface area contributed by atoms with Crippen LogP contribution in [0.3, 0.4) is 0 Å². The van der Waals surface area contributed by atoms with Crippen LogP contribution in [-0.2, 0) is 10.2 Å². The topological polar surface area (TPSA) is 58.2 Å². The van der Waals surface area contributed by atoms with E-state index in [9.17, 15) is 9.59 Å². The molecule has 0 radical (unpaired) electrons. The monoisotopic (exact) mass is 486 g/mol. The highest BCUT2D eigenvalue weighted by molar-refractivity contribution is 9.11. The summed E-state index contributed by atoms with van der Waals surface area (Å²) >= 11 is 8.08. The van der Waals surface area contributed by atoms with Gasteiger partial charge in [0, 0.05) is 16.4 Å². The average Bonchev–Trinajstić information content (AvgIpc) is 2.99. The lowest BCUT2D eigenvalue weighted by molar-refractivity contribution is -0.122. The first-order valence-corrected chi connectivity index (χ1v) is 10.2. The second-order valence-electron chi connectivity index (χ2n) is 6.41. The molecule has 0 aliphatic carbocycles. The fourth-order valence-corrected chi connectivity index (χ4v) is 3.79. The van der Waals surface area contributed by atoms with E-state index < -0.39 is 6.04 Å². The molecule has 1 aromatic carbocycles. The zero-order valence-corrected chi connectivity index (χ0v) is 18.2. The number of benzene rings is 1. The lowest BCUT2D eigenvalue weighted by atomic mass is 9.84. The Hall–Kier alpha value is -1.18. The van der Waals surface area contributed by atoms with Crippen LogP contribution < -0.4 is 10.6 Å². The summed E-state index contributed by atoms with van der Waals surface area (Å²) in [6.45, 7) is 6.31. The lowest BCUT2D eigenvalue weighted by Crippen LogP contribution is -2.47. The molecule has 0 aliphatic heterocycles. The molecule has 0 fully saturated rings. The van der Waals surface area contributed by atoms with Gasteiger partial charge in [0.25, 0.3) is 5.91 Å². The van der Waals surface area contributed by atoms with Crippen LogP contribution in [0.2, 0.25) is 0 Å².